The molecule has 0 bridgehead atoms. The van der Waals surface area contributed by atoms with Crippen molar-refractivity contribution >= 4 is 11.9 Å². The first-order valence-electron chi connectivity index (χ1n) is 7.62. The van der Waals surface area contributed by atoms with E-state index in [1.54, 1.807) is 6.92 Å². The predicted molar refractivity (Wildman–Crippen MR) is 86.3 cm³/mol. The molecule has 0 fully saturated rings. The smallest absolute Gasteiger partial charge is 0.309 e. The van der Waals surface area contributed by atoms with Crippen LogP contribution in [0.1, 0.15) is 32.4 Å². The maximum absolute atomic E-state index is 12.1. The van der Waals surface area contributed by atoms with Crippen molar-refractivity contribution in [1.82, 2.24) is 10.2 Å². The number of likely N-dealkylation sites (N-methyl/N-ethyl adjacent to an activating group) is 1. The van der Waals surface area contributed by atoms with Gasteiger partial charge in [-0.25, -0.2) is 0 Å². The molecule has 2 unspecified atom stereocenters. The van der Waals surface area contributed by atoms with Crippen LogP contribution in [0.15, 0.2) is 30.3 Å². The number of ether oxygens (including phenoxy) is 1. The molecule has 0 saturated carbocycles. The molecule has 1 aromatic carbocycles. The molecule has 0 heterocycles. The fraction of sp³-hybridized carbons (Fsp3) is 0.529. The van der Waals surface area contributed by atoms with Gasteiger partial charge in [-0.2, -0.15) is 0 Å². The summed E-state index contributed by atoms with van der Waals surface area (Å²) in [6, 6.07) is 9.79. The maximum atomic E-state index is 12.1. The van der Waals surface area contributed by atoms with Crippen molar-refractivity contribution in [2.24, 2.45) is 5.92 Å². The van der Waals surface area contributed by atoms with Crippen LogP contribution in [0.4, 0.5) is 0 Å². The van der Waals surface area contributed by atoms with E-state index in [0.717, 1.165) is 5.56 Å². The highest BCUT2D eigenvalue weighted by molar-refractivity contribution is 5.78. The van der Waals surface area contributed by atoms with Gasteiger partial charge in [0.2, 0.25) is 5.91 Å². The highest BCUT2D eigenvalue weighted by Gasteiger charge is 2.19. The Morgan fingerprint density at radius 2 is 1.86 bits per heavy atom. The summed E-state index contributed by atoms with van der Waals surface area (Å²) in [6.07, 6.45) is 0. The van der Waals surface area contributed by atoms with Gasteiger partial charge in [-0.05, 0) is 19.0 Å². The monoisotopic (exact) mass is 306 g/mol. The van der Waals surface area contributed by atoms with Crippen molar-refractivity contribution in [2.75, 3.05) is 26.7 Å². The second-order valence-electron chi connectivity index (χ2n) is 5.45. The number of rotatable bonds is 8. The van der Waals surface area contributed by atoms with Gasteiger partial charge in [0.15, 0.2) is 0 Å². The van der Waals surface area contributed by atoms with E-state index in [4.69, 9.17) is 4.74 Å². The van der Waals surface area contributed by atoms with Crippen LogP contribution in [0.5, 0.6) is 0 Å². The lowest BCUT2D eigenvalue weighted by atomic mass is 10.1. The van der Waals surface area contributed by atoms with E-state index in [1.165, 1.54) is 7.11 Å². The number of hydrogen-bond acceptors (Lipinski definition) is 4. The number of benzene rings is 1. The largest absolute Gasteiger partial charge is 0.469 e. The molecule has 5 nitrogen and oxygen atoms in total. The lowest BCUT2D eigenvalue weighted by molar-refractivity contribution is -0.145. The highest BCUT2D eigenvalue weighted by Crippen LogP contribution is 2.11. The lowest BCUT2D eigenvalue weighted by Gasteiger charge is -2.23. The Labute approximate surface area is 132 Å². The SMILES string of the molecule is CCN(CC(=O)NC(C)c1ccccc1)CC(C)C(=O)OC. The van der Waals surface area contributed by atoms with Gasteiger partial charge in [0.1, 0.15) is 0 Å². The molecule has 0 aliphatic heterocycles. The zero-order valence-corrected chi connectivity index (χ0v) is 13.8. The van der Waals surface area contributed by atoms with Crippen LogP contribution in [0, 0.1) is 5.92 Å². The van der Waals surface area contributed by atoms with Gasteiger partial charge in [-0.15, -0.1) is 0 Å². The molecule has 0 radical (unpaired) electrons. The van der Waals surface area contributed by atoms with Crippen LogP contribution in [-0.2, 0) is 14.3 Å². The van der Waals surface area contributed by atoms with Gasteiger partial charge in [-0.3, -0.25) is 14.5 Å². The van der Waals surface area contributed by atoms with E-state index in [9.17, 15) is 9.59 Å². The molecule has 5 heteroatoms. The first-order valence-corrected chi connectivity index (χ1v) is 7.62. The summed E-state index contributed by atoms with van der Waals surface area (Å²) in [5, 5.41) is 2.98. The Hall–Kier alpha value is -1.88. The number of nitrogens with one attached hydrogen (secondary N) is 1. The standard InChI is InChI=1S/C17H26N2O3/c1-5-19(11-13(2)17(21)22-4)12-16(20)18-14(3)15-9-7-6-8-10-15/h6-10,13-14H,5,11-12H2,1-4H3,(H,18,20). The van der Waals surface area contributed by atoms with Gasteiger partial charge in [-0.1, -0.05) is 44.2 Å². The Morgan fingerprint density at radius 3 is 2.41 bits per heavy atom. The minimum atomic E-state index is -0.253. The van der Waals surface area contributed by atoms with Crippen molar-refractivity contribution in [1.29, 1.82) is 0 Å². The number of carbonyl (C=O) groups is 2. The number of methoxy groups -OCH3 is 1. The van der Waals surface area contributed by atoms with Crippen molar-refractivity contribution < 1.29 is 14.3 Å². The van der Waals surface area contributed by atoms with Crippen LogP contribution in [-0.4, -0.2) is 43.5 Å². The van der Waals surface area contributed by atoms with Crippen LogP contribution >= 0.6 is 0 Å². The van der Waals surface area contributed by atoms with E-state index < -0.39 is 0 Å². The van der Waals surface area contributed by atoms with Crippen molar-refractivity contribution in [3.05, 3.63) is 35.9 Å². The molecule has 1 rings (SSSR count). The van der Waals surface area contributed by atoms with E-state index in [1.807, 2.05) is 49.1 Å². The molecule has 1 amide bonds. The van der Waals surface area contributed by atoms with Crippen molar-refractivity contribution in [3.8, 4) is 0 Å². The molecule has 0 aliphatic carbocycles. The minimum Gasteiger partial charge on any atom is -0.469 e. The summed E-state index contributed by atoms with van der Waals surface area (Å²) in [6.45, 7) is 7.22. The van der Waals surface area contributed by atoms with Gasteiger partial charge in [0.05, 0.1) is 25.6 Å². The first kappa shape index (κ1) is 18.2. The third-order valence-corrected chi connectivity index (χ3v) is 3.63. The topological polar surface area (TPSA) is 58.6 Å². The highest BCUT2D eigenvalue weighted by atomic mass is 16.5. The molecule has 2 atom stereocenters. The van der Waals surface area contributed by atoms with Crippen molar-refractivity contribution in [3.63, 3.8) is 0 Å². The van der Waals surface area contributed by atoms with Gasteiger partial charge >= 0.3 is 5.97 Å². The molecule has 22 heavy (non-hydrogen) atoms. The quantitative estimate of drug-likeness (QED) is 0.746. The fourth-order valence-electron chi connectivity index (χ4n) is 2.28. The number of nitrogens with zero attached hydrogens (tertiary/aromatic N) is 1. The van der Waals surface area contributed by atoms with Gasteiger partial charge in [0.25, 0.3) is 0 Å². The van der Waals surface area contributed by atoms with Crippen LogP contribution < -0.4 is 5.32 Å². The molecule has 0 aromatic heterocycles. The summed E-state index contributed by atoms with van der Waals surface area (Å²) in [4.78, 5) is 25.5. The molecule has 0 aliphatic rings. The zero-order valence-electron chi connectivity index (χ0n) is 13.8. The van der Waals surface area contributed by atoms with Crippen LogP contribution in [0.2, 0.25) is 0 Å². The zero-order chi connectivity index (χ0) is 16.5. The van der Waals surface area contributed by atoms with Crippen LogP contribution in [0.25, 0.3) is 0 Å². The summed E-state index contributed by atoms with van der Waals surface area (Å²) in [7, 11) is 1.38. The Morgan fingerprint density at radius 1 is 1.23 bits per heavy atom. The molecule has 0 saturated heterocycles. The third-order valence-electron chi connectivity index (χ3n) is 3.63. The second kappa shape index (κ2) is 9.20. The summed E-state index contributed by atoms with van der Waals surface area (Å²) in [5.74, 6) is -0.545. The average molecular weight is 306 g/mol. The number of carbonyl (C=O) groups excluding carboxylic acids is 2. The predicted octanol–water partition coefficient (Wildman–Crippen LogP) is 1.99. The van der Waals surface area contributed by atoms with Crippen molar-refractivity contribution in [2.45, 2.75) is 26.8 Å². The van der Waals surface area contributed by atoms with Gasteiger partial charge in [0, 0.05) is 6.54 Å². The molecular weight excluding hydrogens is 280 g/mol. The summed E-state index contributed by atoms with van der Waals surface area (Å²) < 4.78 is 4.72. The van der Waals surface area contributed by atoms with E-state index >= 15 is 0 Å². The van der Waals surface area contributed by atoms with Crippen LogP contribution in [0.3, 0.4) is 0 Å². The summed E-state index contributed by atoms with van der Waals surface area (Å²) in [5.41, 5.74) is 1.07. The lowest BCUT2D eigenvalue weighted by Crippen LogP contribution is -2.41. The number of hydrogen-bond donors (Lipinski definition) is 1. The maximum Gasteiger partial charge on any atom is 0.309 e. The Balaban J connectivity index is 2.49. The van der Waals surface area contributed by atoms with Gasteiger partial charge < -0.3 is 10.1 Å². The number of esters is 1. The molecule has 1 N–H and O–H groups in total. The molecule has 122 valence electrons. The Bertz CT molecular complexity index is 476. The average Bonchev–Trinajstić information content (AvgIpc) is 2.53. The normalized spacial score (nSPS) is 13.5. The third kappa shape index (κ3) is 5.85. The Kier molecular flexibility index (Phi) is 7.60. The number of amides is 1. The second-order valence-corrected chi connectivity index (χ2v) is 5.45. The summed E-state index contributed by atoms with van der Waals surface area (Å²) >= 11 is 0. The first-order chi connectivity index (χ1) is 10.5. The molecular formula is C17H26N2O3. The van der Waals surface area contributed by atoms with E-state index in [2.05, 4.69) is 5.32 Å². The molecule has 1 aromatic rings. The van der Waals surface area contributed by atoms with E-state index in [-0.39, 0.29) is 30.4 Å². The minimum absolute atomic E-state index is 0.0366. The molecule has 0 spiro atoms. The fourth-order valence-corrected chi connectivity index (χ4v) is 2.28. The van der Waals surface area contributed by atoms with E-state index in [0.29, 0.717) is 13.1 Å².